The van der Waals surface area contributed by atoms with Crippen LogP contribution in [0.2, 0.25) is 0 Å². The maximum atomic E-state index is 13.3. The van der Waals surface area contributed by atoms with Gasteiger partial charge in [-0.05, 0) is 36.2 Å². The number of rotatable bonds is 5. The predicted octanol–water partition coefficient (Wildman–Crippen LogP) is 2.89. The maximum Gasteiger partial charge on any atom is 0.325 e. The van der Waals surface area contributed by atoms with Crippen molar-refractivity contribution in [3.63, 3.8) is 0 Å². The Morgan fingerprint density at radius 3 is 2.64 bits per heavy atom. The van der Waals surface area contributed by atoms with Crippen molar-refractivity contribution in [3.05, 3.63) is 65.5 Å². The highest BCUT2D eigenvalue weighted by molar-refractivity contribution is 6.06. The minimum Gasteiger partial charge on any atom is -0.496 e. The molecule has 0 radical (unpaired) electrons. The van der Waals surface area contributed by atoms with E-state index >= 15 is 0 Å². The van der Waals surface area contributed by atoms with Crippen LogP contribution in [0.15, 0.2) is 48.5 Å². The lowest BCUT2D eigenvalue weighted by Gasteiger charge is -2.23. The van der Waals surface area contributed by atoms with E-state index in [0.29, 0.717) is 17.7 Å². The van der Waals surface area contributed by atoms with Crippen LogP contribution in [0.25, 0.3) is 0 Å². The summed E-state index contributed by atoms with van der Waals surface area (Å²) in [5.41, 5.74) is 0.317. The lowest BCUT2D eigenvalue weighted by atomic mass is 9.92. The number of para-hydroxylation sites is 1. The van der Waals surface area contributed by atoms with E-state index in [1.807, 2.05) is 24.3 Å². The molecule has 1 fully saturated rings. The van der Waals surface area contributed by atoms with E-state index in [1.54, 1.807) is 26.2 Å². The largest absolute Gasteiger partial charge is 0.496 e. The van der Waals surface area contributed by atoms with Crippen molar-refractivity contribution in [2.75, 3.05) is 7.11 Å². The van der Waals surface area contributed by atoms with Crippen molar-refractivity contribution in [2.24, 2.45) is 0 Å². The van der Waals surface area contributed by atoms with Crippen LogP contribution >= 0.6 is 0 Å². The number of nitrogens with zero attached hydrogens (tertiary/aromatic N) is 1. The fourth-order valence-corrected chi connectivity index (χ4v) is 3.06. The molecule has 2 aromatic rings. The molecule has 25 heavy (non-hydrogen) atoms. The third-order valence-electron chi connectivity index (χ3n) is 4.31. The lowest BCUT2D eigenvalue weighted by molar-refractivity contribution is -0.131. The first-order valence-electron chi connectivity index (χ1n) is 7.93. The van der Waals surface area contributed by atoms with Crippen molar-refractivity contribution in [2.45, 2.75) is 25.4 Å². The molecule has 0 saturated carbocycles. The van der Waals surface area contributed by atoms with Gasteiger partial charge in [-0.1, -0.05) is 30.3 Å². The zero-order valence-electron chi connectivity index (χ0n) is 14.1. The summed E-state index contributed by atoms with van der Waals surface area (Å²) in [7, 11) is 1.56. The summed E-state index contributed by atoms with van der Waals surface area (Å²) >= 11 is 0. The fraction of sp³-hybridized carbons (Fsp3) is 0.263. The van der Waals surface area contributed by atoms with Gasteiger partial charge < -0.3 is 10.1 Å². The van der Waals surface area contributed by atoms with Gasteiger partial charge in [-0.15, -0.1) is 0 Å². The van der Waals surface area contributed by atoms with Gasteiger partial charge in [0.05, 0.1) is 13.7 Å². The van der Waals surface area contributed by atoms with E-state index in [4.69, 9.17) is 4.74 Å². The smallest absolute Gasteiger partial charge is 0.325 e. The number of hydrogen-bond donors (Lipinski definition) is 1. The molecule has 0 bridgehead atoms. The van der Waals surface area contributed by atoms with Crippen LogP contribution in [0.1, 0.15) is 18.1 Å². The highest BCUT2D eigenvalue weighted by Gasteiger charge is 2.47. The van der Waals surface area contributed by atoms with Gasteiger partial charge >= 0.3 is 6.03 Å². The Morgan fingerprint density at radius 1 is 1.16 bits per heavy atom. The van der Waals surface area contributed by atoms with Crippen LogP contribution < -0.4 is 10.1 Å². The summed E-state index contributed by atoms with van der Waals surface area (Å²) in [6.07, 6.45) is 0.307. The van der Waals surface area contributed by atoms with Crippen LogP contribution in [-0.4, -0.2) is 29.5 Å². The summed E-state index contributed by atoms with van der Waals surface area (Å²) in [6.45, 7) is 1.72. The number of imide groups is 1. The number of carbonyl (C=O) groups excluding carboxylic acids is 2. The first-order valence-corrected chi connectivity index (χ1v) is 7.93. The number of halogens is 1. The molecule has 130 valence electrons. The van der Waals surface area contributed by atoms with Crippen molar-refractivity contribution in [3.8, 4) is 5.75 Å². The molecule has 2 aromatic carbocycles. The van der Waals surface area contributed by atoms with E-state index in [9.17, 15) is 14.0 Å². The Balaban J connectivity index is 1.82. The molecule has 1 N–H and O–H groups in total. The Labute approximate surface area is 145 Å². The lowest BCUT2D eigenvalue weighted by Crippen LogP contribution is -2.46. The van der Waals surface area contributed by atoms with Crippen LogP contribution in [0.3, 0.4) is 0 Å². The second-order valence-corrected chi connectivity index (χ2v) is 6.27. The third kappa shape index (κ3) is 3.33. The van der Waals surface area contributed by atoms with Crippen molar-refractivity contribution in [1.29, 1.82) is 0 Å². The van der Waals surface area contributed by atoms with E-state index < -0.39 is 17.4 Å². The molecule has 0 aromatic heterocycles. The summed E-state index contributed by atoms with van der Waals surface area (Å²) < 4.78 is 18.7. The zero-order valence-corrected chi connectivity index (χ0v) is 14.1. The summed E-state index contributed by atoms with van der Waals surface area (Å²) in [5.74, 6) is -0.0802. The van der Waals surface area contributed by atoms with Crippen molar-refractivity contribution in [1.82, 2.24) is 10.2 Å². The van der Waals surface area contributed by atoms with Gasteiger partial charge in [0.25, 0.3) is 5.91 Å². The molecule has 1 unspecified atom stereocenters. The van der Waals surface area contributed by atoms with Gasteiger partial charge in [-0.2, -0.15) is 0 Å². The first kappa shape index (κ1) is 17.0. The molecular weight excluding hydrogens is 323 g/mol. The third-order valence-corrected chi connectivity index (χ3v) is 4.31. The van der Waals surface area contributed by atoms with E-state index in [-0.39, 0.29) is 12.5 Å². The number of amides is 3. The predicted molar refractivity (Wildman–Crippen MR) is 90.6 cm³/mol. The van der Waals surface area contributed by atoms with Crippen molar-refractivity contribution >= 4 is 11.9 Å². The molecule has 1 aliphatic heterocycles. The SMILES string of the molecule is COc1ccccc1CC1(C)NC(=O)N(Cc2cccc(F)c2)C1=O. The molecule has 3 amide bonds. The Kier molecular flexibility index (Phi) is 4.44. The van der Waals surface area contributed by atoms with Gasteiger partial charge in [0, 0.05) is 6.42 Å². The van der Waals surface area contributed by atoms with Gasteiger partial charge in [-0.25, -0.2) is 9.18 Å². The highest BCUT2D eigenvalue weighted by Crippen LogP contribution is 2.28. The molecule has 1 atom stereocenters. The molecule has 5 nitrogen and oxygen atoms in total. The quantitative estimate of drug-likeness (QED) is 0.850. The average Bonchev–Trinajstić information content (AvgIpc) is 2.78. The molecule has 1 heterocycles. The average molecular weight is 342 g/mol. The fourth-order valence-electron chi connectivity index (χ4n) is 3.06. The Bertz CT molecular complexity index is 824. The zero-order chi connectivity index (χ0) is 18.0. The molecule has 1 aliphatic rings. The molecule has 1 saturated heterocycles. The van der Waals surface area contributed by atoms with Crippen molar-refractivity contribution < 1.29 is 18.7 Å². The van der Waals surface area contributed by atoms with Crippen LogP contribution in [-0.2, 0) is 17.8 Å². The molecule has 0 aliphatic carbocycles. The number of hydrogen-bond acceptors (Lipinski definition) is 3. The monoisotopic (exact) mass is 342 g/mol. The maximum absolute atomic E-state index is 13.3. The topological polar surface area (TPSA) is 58.6 Å². The second-order valence-electron chi connectivity index (χ2n) is 6.27. The van der Waals surface area contributed by atoms with Gasteiger partial charge in [0.15, 0.2) is 0 Å². The van der Waals surface area contributed by atoms with E-state index in [2.05, 4.69) is 5.32 Å². The molecular formula is C19H19FN2O3. The number of carbonyl (C=O) groups is 2. The second kappa shape index (κ2) is 6.55. The molecule has 3 rings (SSSR count). The van der Waals surface area contributed by atoms with E-state index in [1.165, 1.54) is 12.1 Å². The van der Waals surface area contributed by atoms with E-state index in [0.717, 1.165) is 10.5 Å². The number of benzene rings is 2. The molecule has 0 spiro atoms. The van der Waals surface area contributed by atoms with Gasteiger partial charge in [0.2, 0.25) is 0 Å². The number of methoxy groups -OCH3 is 1. The molecule has 6 heteroatoms. The minimum atomic E-state index is -1.07. The summed E-state index contributed by atoms with van der Waals surface area (Å²) in [5, 5.41) is 2.75. The van der Waals surface area contributed by atoms with Crippen LogP contribution in [0.5, 0.6) is 5.75 Å². The number of nitrogens with one attached hydrogen (secondary N) is 1. The Morgan fingerprint density at radius 2 is 1.92 bits per heavy atom. The van der Waals surface area contributed by atoms with Gasteiger partial charge in [-0.3, -0.25) is 9.69 Å². The minimum absolute atomic E-state index is 0.0317. The first-order chi connectivity index (χ1) is 11.9. The van der Waals surface area contributed by atoms with Crippen LogP contribution in [0.4, 0.5) is 9.18 Å². The summed E-state index contributed by atoms with van der Waals surface area (Å²) in [4.78, 5) is 26.3. The Hall–Kier alpha value is -2.89. The standard InChI is InChI=1S/C19H19FN2O3/c1-19(11-14-7-3-4-9-16(14)25-2)17(23)22(18(24)21-19)12-13-6-5-8-15(20)10-13/h3-10H,11-12H2,1-2H3,(H,21,24). The summed E-state index contributed by atoms with van der Waals surface area (Å²) in [6, 6.07) is 12.8. The normalized spacial score (nSPS) is 19.9. The van der Waals surface area contributed by atoms with Crippen LogP contribution in [0, 0.1) is 5.82 Å². The van der Waals surface area contributed by atoms with Gasteiger partial charge in [0.1, 0.15) is 17.1 Å². The highest BCUT2D eigenvalue weighted by atomic mass is 19.1. The number of ether oxygens (including phenoxy) is 1. The number of urea groups is 1.